The molecule has 0 fully saturated rings. The number of aromatic nitrogens is 2. The monoisotopic (exact) mass is 384 g/mol. The number of fused-ring (bicyclic) bond motifs is 1. The minimum atomic E-state index is -0.665. The highest BCUT2D eigenvalue weighted by Gasteiger charge is 2.16. The summed E-state index contributed by atoms with van der Waals surface area (Å²) in [5, 5.41) is 5.86. The molecule has 3 N–H and O–H groups in total. The van der Waals surface area contributed by atoms with Crippen molar-refractivity contribution in [3.63, 3.8) is 0 Å². The van der Waals surface area contributed by atoms with Gasteiger partial charge < -0.3 is 20.4 Å². The highest BCUT2D eigenvalue weighted by molar-refractivity contribution is 5.96. The largest absolute Gasteiger partial charge is 0.444 e. The first-order valence-corrected chi connectivity index (χ1v) is 8.71. The third-order valence-corrected chi connectivity index (χ3v) is 3.78. The van der Waals surface area contributed by atoms with Crippen LogP contribution in [-0.4, -0.2) is 34.1 Å². The fourth-order valence-corrected chi connectivity index (χ4v) is 2.62. The van der Waals surface area contributed by atoms with Crippen LogP contribution in [0.5, 0.6) is 0 Å². The van der Waals surface area contributed by atoms with Crippen molar-refractivity contribution in [1.82, 2.24) is 15.3 Å². The van der Waals surface area contributed by atoms with Crippen molar-refractivity contribution in [2.75, 3.05) is 11.9 Å². The van der Waals surface area contributed by atoms with E-state index in [2.05, 4.69) is 20.6 Å². The maximum Gasteiger partial charge on any atom is 0.408 e. The molecule has 0 aliphatic rings. The fourth-order valence-electron chi connectivity index (χ4n) is 2.62. The van der Waals surface area contributed by atoms with Gasteiger partial charge >= 0.3 is 6.09 Å². The van der Waals surface area contributed by atoms with Crippen LogP contribution >= 0.6 is 0 Å². The number of hydrogen-bond acceptors (Lipinski definition) is 4. The van der Waals surface area contributed by atoms with Gasteiger partial charge in [0.1, 0.15) is 23.8 Å². The van der Waals surface area contributed by atoms with E-state index in [0.29, 0.717) is 11.3 Å². The Balaban J connectivity index is 1.61. The van der Waals surface area contributed by atoms with Gasteiger partial charge in [-0.2, -0.15) is 0 Å². The molecule has 8 heteroatoms. The number of nitrogens with one attached hydrogen (secondary N) is 3. The second-order valence-corrected chi connectivity index (χ2v) is 7.23. The second-order valence-electron chi connectivity index (χ2n) is 7.23. The first-order chi connectivity index (χ1) is 13.2. The Labute approximate surface area is 161 Å². The second kappa shape index (κ2) is 7.67. The summed E-state index contributed by atoms with van der Waals surface area (Å²) in [7, 11) is 0. The summed E-state index contributed by atoms with van der Waals surface area (Å²) in [6.07, 6.45) is 2.73. The van der Waals surface area contributed by atoms with E-state index in [1.54, 1.807) is 51.4 Å². The van der Waals surface area contributed by atoms with Gasteiger partial charge in [0.05, 0.1) is 0 Å². The molecule has 0 aliphatic heterocycles. The molecule has 0 saturated heterocycles. The number of halogens is 1. The molecule has 2 amide bonds. The summed E-state index contributed by atoms with van der Waals surface area (Å²) in [5.74, 6) is -0.378. The Morgan fingerprint density at radius 3 is 2.68 bits per heavy atom. The Hall–Kier alpha value is -3.42. The van der Waals surface area contributed by atoms with Gasteiger partial charge in [-0.1, -0.05) is 0 Å². The van der Waals surface area contributed by atoms with Gasteiger partial charge in [-0.25, -0.2) is 14.2 Å². The minimum Gasteiger partial charge on any atom is -0.444 e. The van der Waals surface area contributed by atoms with E-state index in [4.69, 9.17) is 4.74 Å². The third kappa shape index (κ3) is 4.85. The molecule has 2 heterocycles. The molecule has 3 rings (SSSR count). The summed E-state index contributed by atoms with van der Waals surface area (Å²) in [6.45, 7) is 4.99. The van der Waals surface area contributed by atoms with Crippen LogP contribution < -0.4 is 10.6 Å². The number of carbonyl (C=O) groups is 2. The van der Waals surface area contributed by atoms with Crippen LogP contribution in [0, 0.1) is 5.82 Å². The lowest BCUT2D eigenvalue weighted by atomic mass is 10.1. The zero-order chi connectivity index (χ0) is 20.3. The molecular weight excluding hydrogens is 363 g/mol. The van der Waals surface area contributed by atoms with Crippen LogP contribution in [0.2, 0.25) is 0 Å². The lowest BCUT2D eigenvalue weighted by Gasteiger charge is -2.19. The molecule has 3 aromatic rings. The summed E-state index contributed by atoms with van der Waals surface area (Å²) in [4.78, 5) is 30.8. The van der Waals surface area contributed by atoms with Gasteiger partial charge in [0.15, 0.2) is 0 Å². The molecule has 28 heavy (non-hydrogen) atoms. The molecule has 146 valence electrons. The number of H-pyrrole nitrogens is 1. The van der Waals surface area contributed by atoms with E-state index in [9.17, 15) is 14.0 Å². The van der Waals surface area contributed by atoms with Crippen LogP contribution in [0.15, 0.2) is 42.7 Å². The average molecular weight is 384 g/mol. The van der Waals surface area contributed by atoms with Crippen LogP contribution in [0.25, 0.3) is 22.0 Å². The van der Waals surface area contributed by atoms with Gasteiger partial charge in [-0.3, -0.25) is 4.79 Å². The molecule has 7 nitrogen and oxygen atoms in total. The quantitative estimate of drug-likeness (QED) is 0.637. The molecule has 0 unspecified atom stereocenters. The third-order valence-electron chi connectivity index (χ3n) is 3.78. The predicted molar refractivity (Wildman–Crippen MR) is 104 cm³/mol. The van der Waals surface area contributed by atoms with E-state index in [0.717, 1.165) is 16.5 Å². The number of amides is 2. The number of hydrogen-bond donors (Lipinski definition) is 3. The van der Waals surface area contributed by atoms with Crippen molar-refractivity contribution in [2.24, 2.45) is 0 Å². The zero-order valence-corrected chi connectivity index (χ0v) is 15.8. The van der Waals surface area contributed by atoms with E-state index in [1.165, 1.54) is 12.1 Å². The average Bonchev–Trinajstić information content (AvgIpc) is 3.02. The standard InChI is InChI=1S/C20H21FN4O3/c1-20(2,3)28-19(27)24-11-18(26)25-17-7-4-12(9-23-17)15-10-22-16-8-13(21)5-6-14(15)16/h4-10,22H,11H2,1-3H3,(H,24,27)(H,23,25,26). The number of alkyl carbamates (subject to hydrolysis) is 1. The maximum absolute atomic E-state index is 13.3. The van der Waals surface area contributed by atoms with Gasteiger partial charge in [0, 0.05) is 34.4 Å². The van der Waals surface area contributed by atoms with Crippen LogP contribution in [0.1, 0.15) is 20.8 Å². The fraction of sp³-hybridized carbons (Fsp3) is 0.250. The molecule has 0 atom stereocenters. The van der Waals surface area contributed by atoms with Gasteiger partial charge in [0.25, 0.3) is 0 Å². The molecule has 0 bridgehead atoms. The first-order valence-electron chi connectivity index (χ1n) is 8.71. The number of benzene rings is 1. The van der Waals surface area contributed by atoms with Gasteiger partial charge in [0.2, 0.25) is 5.91 Å². The molecule has 0 radical (unpaired) electrons. The Kier molecular flexibility index (Phi) is 5.30. The summed E-state index contributed by atoms with van der Waals surface area (Å²) in [5.41, 5.74) is 1.77. The maximum atomic E-state index is 13.3. The van der Waals surface area contributed by atoms with E-state index in [1.807, 2.05) is 0 Å². The molecule has 0 spiro atoms. The summed E-state index contributed by atoms with van der Waals surface area (Å²) >= 11 is 0. The zero-order valence-electron chi connectivity index (χ0n) is 15.8. The SMILES string of the molecule is CC(C)(C)OC(=O)NCC(=O)Nc1ccc(-c2c[nH]c3cc(F)ccc23)cn1. The molecule has 0 aliphatic carbocycles. The molecule has 2 aromatic heterocycles. The number of anilines is 1. The van der Waals surface area contributed by atoms with Crippen LogP contribution in [-0.2, 0) is 9.53 Å². The Morgan fingerprint density at radius 1 is 1.21 bits per heavy atom. The molecule has 1 aromatic carbocycles. The van der Waals surface area contributed by atoms with E-state index >= 15 is 0 Å². The number of rotatable bonds is 4. The summed E-state index contributed by atoms with van der Waals surface area (Å²) < 4.78 is 18.4. The smallest absolute Gasteiger partial charge is 0.408 e. The summed E-state index contributed by atoms with van der Waals surface area (Å²) in [6, 6.07) is 7.99. The van der Waals surface area contributed by atoms with Crippen molar-refractivity contribution >= 4 is 28.7 Å². The van der Waals surface area contributed by atoms with Gasteiger partial charge in [-0.05, 0) is 51.1 Å². The van der Waals surface area contributed by atoms with Crippen molar-refractivity contribution in [3.8, 4) is 11.1 Å². The predicted octanol–water partition coefficient (Wildman–Crippen LogP) is 3.83. The highest BCUT2D eigenvalue weighted by Crippen LogP contribution is 2.29. The highest BCUT2D eigenvalue weighted by atomic mass is 19.1. The van der Waals surface area contributed by atoms with E-state index in [-0.39, 0.29) is 12.4 Å². The number of nitrogens with zero attached hydrogens (tertiary/aromatic N) is 1. The lowest BCUT2D eigenvalue weighted by molar-refractivity contribution is -0.115. The van der Waals surface area contributed by atoms with Crippen LogP contribution in [0.3, 0.4) is 0 Å². The van der Waals surface area contributed by atoms with Crippen molar-refractivity contribution < 1.29 is 18.7 Å². The van der Waals surface area contributed by atoms with Crippen LogP contribution in [0.4, 0.5) is 15.0 Å². The number of aromatic amines is 1. The lowest BCUT2D eigenvalue weighted by Crippen LogP contribution is -2.37. The Morgan fingerprint density at radius 2 is 2.00 bits per heavy atom. The van der Waals surface area contributed by atoms with Crippen molar-refractivity contribution in [1.29, 1.82) is 0 Å². The molecular formula is C20H21FN4O3. The van der Waals surface area contributed by atoms with Crippen molar-refractivity contribution in [2.45, 2.75) is 26.4 Å². The first kappa shape index (κ1) is 19.3. The van der Waals surface area contributed by atoms with E-state index < -0.39 is 17.6 Å². The number of ether oxygens (including phenoxy) is 1. The number of pyridine rings is 1. The Bertz CT molecular complexity index is 1010. The molecule has 0 saturated carbocycles. The van der Waals surface area contributed by atoms with Gasteiger partial charge in [-0.15, -0.1) is 0 Å². The number of carbonyl (C=O) groups excluding carboxylic acids is 2. The van der Waals surface area contributed by atoms with Crippen molar-refractivity contribution in [3.05, 3.63) is 48.5 Å². The normalized spacial score (nSPS) is 11.3. The minimum absolute atomic E-state index is 0.230. The topological polar surface area (TPSA) is 96.1 Å².